The Balaban J connectivity index is 1.19. The average molecular weight is 521 g/mol. The molecule has 38 heavy (non-hydrogen) atoms. The van der Waals surface area contributed by atoms with Gasteiger partial charge in [0, 0.05) is 29.2 Å². The highest BCUT2D eigenvalue weighted by Crippen LogP contribution is 2.26. The number of fused-ring (bicyclic) bond motifs is 1. The van der Waals surface area contributed by atoms with Gasteiger partial charge in [-0.15, -0.1) is 10.2 Å². The summed E-state index contributed by atoms with van der Waals surface area (Å²) in [5.74, 6) is 1.80. The van der Waals surface area contributed by atoms with Gasteiger partial charge in [-0.1, -0.05) is 30.3 Å². The fourth-order valence-corrected chi connectivity index (χ4v) is 4.91. The molecule has 0 saturated carbocycles. The van der Waals surface area contributed by atoms with Gasteiger partial charge in [0.1, 0.15) is 11.5 Å². The zero-order valence-electron chi connectivity index (χ0n) is 19.8. The Hall–Kier alpha value is -5.09. The second-order valence-electron chi connectivity index (χ2n) is 8.32. The van der Waals surface area contributed by atoms with E-state index in [-0.39, 0.29) is 4.90 Å². The van der Waals surface area contributed by atoms with Gasteiger partial charge in [-0.05, 0) is 72.8 Å². The molecule has 0 atom stereocenters. The van der Waals surface area contributed by atoms with Crippen LogP contribution in [0.1, 0.15) is 0 Å². The van der Waals surface area contributed by atoms with Crippen LogP contribution in [0.3, 0.4) is 0 Å². The number of aromatic nitrogens is 5. The standard InChI is InChI=1S/C28H20N6O3S/c35-38(36,25-14-12-24(13-15-25)37-23-6-2-1-3-7-23)33-22-10-8-20(9-11-22)26-16-17-27-30-31-28(34(27)32-26)21-5-4-18-29-19-21/h1-19,33H. The predicted octanol–water partition coefficient (Wildman–Crippen LogP) is 5.45. The first-order chi connectivity index (χ1) is 18.5. The molecule has 0 aliphatic heterocycles. The molecule has 0 saturated heterocycles. The van der Waals surface area contributed by atoms with Gasteiger partial charge in [0.05, 0.1) is 10.6 Å². The number of rotatable bonds is 7. The van der Waals surface area contributed by atoms with Crippen molar-refractivity contribution >= 4 is 21.4 Å². The number of ether oxygens (including phenoxy) is 1. The van der Waals surface area contributed by atoms with Crippen LogP contribution < -0.4 is 9.46 Å². The van der Waals surface area contributed by atoms with E-state index < -0.39 is 10.0 Å². The highest BCUT2D eigenvalue weighted by Gasteiger charge is 2.15. The minimum absolute atomic E-state index is 0.129. The Labute approximate surface area is 218 Å². The van der Waals surface area contributed by atoms with E-state index in [1.165, 1.54) is 12.1 Å². The van der Waals surface area contributed by atoms with Crippen LogP contribution in [0.5, 0.6) is 11.5 Å². The average Bonchev–Trinajstić information content (AvgIpc) is 3.38. The summed E-state index contributed by atoms with van der Waals surface area (Å²) in [7, 11) is -3.79. The molecule has 10 heteroatoms. The number of para-hydroxylation sites is 1. The number of benzene rings is 3. The van der Waals surface area contributed by atoms with Crippen molar-refractivity contribution in [1.29, 1.82) is 0 Å². The van der Waals surface area contributed by atoms with Gasteiger partial charge in [0.15, 0.2) is 11.5 Å². The monoisotopic (exact) mass is 520 g/mol. The molecule has 3 aromatic heterocycles. The normalized spacial score (nSPS) is 11.4. The van der Waals surface area contributed by atoms with Crippen LogP contribution in [0.15, 0.2) is 120 Å². The van der Waals surface area contributed by atoms with E-state index in [4.69, 9.17) is 4.74 Å². The van der Waals surface area contributed by atoms with E-state index in [1.807, 2.05) is 54.6 Å². The Bertz CT molecular complexity index is 1810. The van der Waals surface area contributed by atoms with Crippen molar-refractivity contribution in [1.82, 2.24) is 24.8 Å². The number of hydrogen-bond acceptors (Lipinski definition) is 7. The molecular formula is C28H20N6O3S. The van der Waals surface area contributed by atoms with Gasteiger partial charge in [-0.3, -0.25) is 9.71 Å². The number of nitrogens with zero attached hydrogens (tertiary/aromatic N) is 5. The number of anilines is 1. The fraction of sp³-hybridized carbons (Fsp3) is 0. The van der Waals surface area contributed by atoms with Crippen LogP contribution in [-0.4, -0.2) is 33.2 Å². The molecule has 186 valence electrons. The first-order valence-electron chi connectivity index (χ1n) is 11.6. The number of pyridine rings is 1. The molecule has 0 unspecified atom stereocenters. The third-order valence-electron chi connectivity index (χ3n) is 5.73. The molecule has 0 aliphatic carbocycles. The van der Waals surface area contributed by atoms with Crippen molar-refractivity contribution in [2.75, 3.05) is 4.72 Å². The topological polar surface area (TPSA) is 111 Å². The third-order valence-corrected chi connectivity index (χ3v) is 7.13. The highest BCUT2D eigenvalue weighted by molar-refractivity contribution is 7.92. The van der Waals surface area contributed by atoms with Crippen molar-refractivity contribution in [2.24, 2.45) is 0 Å². The van der Waals surface area contributed by atoms with Crippen molar-refractivity contribution < 1.29 is 13.2 Å². The summed E-state index contributed by atoms with van der Waals surface area (Å²) in [6.45, 7) is 0. The van der Waals surface area contributed by atoms with Gasteiger partial charge in [0.2, 0.25) is 0 Å². The molecule has 6 rings (SSSR count). The lowest BCUT2D eigenvalue weighted by Gasteiger charge is -2.10. The molecule has 0 aliphatic rings. The lowest BCUT2D eigenvalue weighted by atomic mass is 10.1. The molecular weight excluding hydrogens is 500 g/mol. The molecule has 0 amide bonds. The van der Waals surface area contributed by atoms with E-state index in [1.54, 1.807) is 53.3 Å². The van der Waals surface area contributed by atoms with Crippen molar-refractivity contribution in [3.8, 4) is 34.1 Å². The molecule has 0 fully saturated rings. The first kappa shape index (κ1) is 23.3. The van der Waals surface area contributed by atoms with E-state index in [0.29, 0.717) is 34.4 Å². The molecule has 3 aromatic carbocycles. The maximum Gasteiger partial charge on any atom is 0.261 e. The molecule has 3 heterocycles. The Morgan fingerprint density at radius 3 is 2.21 bits per heavy atom. The molecule has 1 N–H and O–H groups in total. The van der Waals surface area contributed by atoms with Crippen LogP contribution in [0.2, 0.25) is 0 Å². The van der Waals surface area contributed by atoms with Gasteiger partial charge in [-0.2, -0.15) is 9.61 Å². The van der Waals surface area contributed by atoms with Crippen LogP contribution in [0, 0.1) is 0 Å². The maximum absolute atomic E-state index is 12.9. The smallest absolute Gasteiger partial charge is 0.261 e. The Kier molecular flexibility index (Phi) is 5.98. The van der Waals surface area contributed by atoms with Crippen molar-refractivity contribution in [3.63, 3.8) is 0 Å². The summed E-state index contributed by atoms with van der Waals surface area (Å²) < 4.78 is 35.9. The summed E-state index contributed by atoms with van der Waals surface area (Å²) in [5, 5.41) is 13.1. The van der Waals surface area contributed by atoms with E-state index in [2.05, 4.69) is 25.0 Å². The van der Waals surface area contributed by atoms with Gasteiger partial charge < -0.3 is 4.74 Å². The third kappa shape index (κ3) is 4.80. The number of hydrogen-bond donors (Lipinski definition) is 1. The minimum Gasteiger partial charge on any atom is -0.457 e. The van der Waals surface area contributed by atoms with Crippen molar-refractivity contribution in [2.45, 2.75) is 4.90 Å². The Morgan fingerprint density at radius 1 is 0.711 bits per heavy atom. The summed E-state index contributed by atoms with van der Waals surface area (Å²) in [4.78, 5) is 4.27. The number of nitrogens with one attached hydrogen (secondary N) is 1. The van der Waals surface area contributed by atoms with Crippen LogP contribution >= 0.6 is 0 Å². The second-order valence-corrected chi connectivity index (χ2v) is 10.0. The zero-order chi connectivity index (χ0) is 26.0. The summed E-state index contributed by atoms with van der Waals surface area (Å²) in [6, 6.07) is 29.9. The zero-order valence-corrected chi connectivity index (χ0v) is 20.7. The second kappa shape index (κ2) is 9.75. The first-order valence-corrected chi connectivity index (χ1v) is 13.1. The van der Waals surface area contributed by atoms with E-state index in [0.717, 1.165) is 11.1 Å². The van der Waals surface area contributed by atoms with Crippen molar-refractivity contribution in [3.05, 3.63) is 116 Å². The van der Waals surface area contributed by atoms with Gasteiger partial charge in [0.25, 0.3) is 10.0 Å². The molecule has 9 nitrogen and oxygen atoms in total. The fourth-order valence-electron chi connectivity index (χ4n) is 3.85. The van der Waals surface area contributed by atoms with Crippen LogP contribution in [0.4, 0.5) is 5.69 Å². The summed E-state index contributed by atoms with van der Waals surface area (Å²) in [5.41, 5.74) is 3.33. The SMILES string of the molecule is O=S(=O)(Nc1ccc(-c2ccc3nnc(-c4cccnc4)n3n2)cc1)c1ccc(Oc2ccccc2)cc1. The quantitative estimate of drug-likeness (QED) is 0.298. The number of sulfonamides is 1. The highest BCUT2D eigenvalue weighted by atomic mass is 32.2. The largest absolute Gasteiger partial charge is 0.457 e. The lowest BCUT2D eigenvalue weighted by molar-refractivity contribution is 0.482. The lowest BCUT2D eigenvalue weighted by Crippen LogP contribution is -2.12. The molecule has 6 aromatic rings. The molecule has 0 bridgehead atoms. The molecule has 0 spiro atoms. The predicted molar refractivity (Wildman–Crippen MR) is 143 cm³/mol. The summed E-state index contributed by atoms with van der Waals surface area (Å²) >= 11 is 0. The van der Waals surface area contributed by atoms with Gasteiger partial charge >= 0.3 is 0 Å². The van der Waals surface area contributed by atoms with E-state index >= 15 is 0 Å². The van der Waals surface area contributed by atoms with E-state index in [9.17, 15) is 8.42 Å². The minimum atomic E-state index is -3.79. The maximum atomic E-state index is 12.9. The van der Waals surface area contributed by atoms with Gasteiger partial charge in [-0.25, -0.2) is 8.42 Å². The van der Waals surface area contributed by atoms with Crippen LogP contribution in [-0.2, 0) is 10.0 Å². The van der Waals surface area contributed by atoms with Crippen LogP contribution in [0.25, 0.3) is 28.3 Å². The summed E-state index contributed by atoms with van der Waals surface area (Å²) in [6.07, 6.45) is 3.40. The molecule has 0 radical (unpaired) electrons. The Morgan fingerprint density at radius 2 is 1.47 bits per heavy atom.